The van der Waals surface area contributed by atoms with Gasteiger partial charge in [0, 0.05) is 19.0 Å². The second-order valence-corrected chi connectivity index (χ2v) is 3.79. The van der Waals surface area contributed by atoms with Crippen LogP contribution >= 0.6 is 0 Å². The molecule has 16 heavy (non-hydrogen) atoms. The van der Waals surface area contributed by atoms with Gasteiger partial charge in [0.05, 0.1) is 11.9 Å². The van der Waals surface area contributed by atoms with E-state index in [1.165, 1.54) is 6.92 Å². The van der Waals surface area contributed by atoms with E-state index >= 15 is 0 Å². The molecule has 0 unspecified atom stereocenters. The van der Waals surface area contributed by atoms with E-state index in [2.05, 4.69) is 10.3 Å². The molecule has 0 fully saturated rings. The topological polar surface area (TPSA) is 59.1 Å². The van der Waals surface area contributed by atoms with Crippen LogP contribution in [0.1, 0.15) is 31.7 Å². The molecule has 86 valence electrons. The Morgan fingerprint density at radius 2 is 2.12 bits per heavy atom. The van der Waals surface area contributed by atoms with Crippen molar-refractivity contribution in [3.05, 3.63) is 24.0 Å². The number of hydrogen-bond donors (Lipinski definition) is 1. The Morgan fingerprint density at radius 3 is 2.75 bits per heavy atom. The van der Waals surface area contributed by atoms with Crippen molar-refractivity contribution >= 4 is 17.4 Å². The standard InChI is InChI=1S/C12H16N2O2/c1-9-6-7-13-8-11(9)14-12(16)5-3-4-10(2)15/h6-8H,3-5H2,1-2H3,(H,14,16). The highest BCUT2D eigenvalue weighted by atomic mass is 16.1. The number of aromatic nitrogens is 1. The predicted molar refractivity (Wildman–Crippen MR) is 62.1 cm³/mol. The minimum absolute atomic E-state index is 0.0719. The molecule has 0 spiro atoms. The van der Waals surface area contributed by atoms with Gasteiger partial charge in [-0.25, -0.2) is 0 Å². The van der Waals surface area contributed by atoms with Gasteiger partial charge in [-0.2, -0.15) is 0 Å². The van der Waals surface area contributed by atoms with E-state index in [0.717, 1.165) is 11.3 Å². The lowest BCUT2D eigenvalue weighted by Gasteiger charge is -2.06. The Labute approximate surface area is 95.1 Å². The maximum Gasteiger partial charge on any atom is 0.224 e. The van der Waals surface area contributed by atoms with Crippen LogP contribution in [0.4, 0.5) is 5.69 Å². The fourth-order valence-corrected chi connectivity index (χ4v) is 1.31. The quantitative estimate of drug-likeness (QED) is 0.826. The van der Waals surface area contributed by atoms with Gasteiger partial charge in [-0.3, -0.25) is 9.78 Å². The van der Waals surface area contributed by atoms with Gasteiger partial charge in [-0.15, -0.1) is 0 Å². The van der Waals surface area contributed by atoms with Crippen LogP contribution in [0.3, 0.4) is 0 Å². The lowest BCUT2D eigenvalue weighted by Crippen LogP contribution is -2.12. The van der Waals surface area contributed by atoms with E-state index in [4.69, 9.17) is 0 Å². The van der Waals surface area contributed by atoms with Crippen molar-refractivity contribution in [3.63, 3.8) is 0 Å². The number of nitrogens with zero attached hydrogens (tertiary/aromatic N) is 1. The van der Waals surface area contributed by atoms with E-state index in [1.807, 2.05) is 13.0 Å². The Balaban J connectivity index is 2.40. The molecule has 1 aromatic rings. The zero-order valence-corrected chi connectivity index (χ0v) is 9.62. The molecule has 0 saturated heterocycles. The van der Waals surface area contributed by atoms with E-state index in [0.29, 0.717) is 19.3 Å². The molecule has 1 aromatic heterocycles. The normalized spacial score (nSPS) is 9.88. The molecule has 1 amide bonds. The second kappa shape index (κ2) is 6.00. The highest BCUT2D eigenvalue weighted by Crippen LogP contribution is 2.12. The van der Waals surface area contributed by atoms with E-state index < -0.39 is 0 Å². The first-order valence-electron chi connectivity index (χ1n) is 5.29. The largest absolute Gasteiger partial charge is 0.325 e. The van der Waals surface area contributed by atoms with E-state index in [1.54, 1.807) is 12.4 Å². The van der Waals surface area contributed by atoms with Gasteiger partial charge in [0.1, 0.15) is 5.78 Å². The van der Waals surface area contributed by atoms with Crippen LogP contribution in [0.25, 0.3) is 0 Å². The van der Waals surface area contributed by atoms with Crippen molar-refractivity contribution in [2.45, 2.75) is 33.1 Å². The first-order chi connectivity index (χ1) is 7.59. The van der Waals surface area contributed by atoms with Crippen LogP contribution < -0.4 is 5.32 Å². The number of amides is 1. The van der Waals surface area contributed by atoms with E-state index in [-0.39, 0.29) is 11.7 Å². The van der Waals surface area contributed by atoms with Gasteiger partial charge < -0.3 is 10.1 Å². The minimum Gasteiger partial charge on any atom is -0.325 e. The summed E-state index contributed by atoms with van der Waals surface area (Å²) in [5.74, 6) is 0.0442. The smallest absolute Gasteiger partial charge is 0.224 e. The third-order valence-electron chi connectivity index (χ3n) is 2.25. The first-order valence-corrected chi connectivity index (χ1v) is 5.29. The summed E-state index contributed by atoms with van der Waals surface area (Å²) in [5.41, 5.74) is 1.71. The second-order valence-electron chi connectivity index (χ2n) is 3.79. The molecule has 1 N–H and O–H groups in total. The summed E-state index contributed by atoms with van der Waals surface area (Å²) in [4.78, 5) is 26.1. The van der Waals surface area contributed by atoms with Gasteiger partial charge in [0.25, 0.3) is 0 Å². The molecule has 0 bridgehead atoms. The first kappa shape index (κ1) is 12.4. The van der Waals surface area contributed by atoms with Crippen molar-refractivity contribution in [3.8, 4) is 0 Å². The maximum atomic E-state index is 11.5. The average molecular weight is 220 g/mol. The number of pyridine rings is 1. The molecule has 1 rings (SSSR count). The van der Waals surface area contributed by atoms with Crippen molar-refractivity contribution in [2.75, 3.05) is 5.32 Å². The third-order valence-corrected chi connectivity index (χ3v) is 2.25. The third kappa shape index (κ3) is 4.21. The fourth-order valence-electron chi connectivity index (χ4n) is 1.31. The van der Waals surface area contributed by atoms with Crippen LogP contribution in [-0.4, -0.2) is 16.7 Å². The summed E-state index contributed by atoms with van der Waals surface area (Å²) in [5, 5.41) is 2.77. The Morgan fingerprint density at radius 1 is 1.38 bits per heavy atom. The summed E-state index contributed by atoms with van der Waals surface area (Å²) in [6, 6.07) is 1.84. The maximum absolute atomic E-state index is 11.5. The molecule has 1 heterocycles. The van der Waals surface area contributed by atoms with Crippen LogP contribution in [-0.2, 0) is 9.59 Å². The van der Waals surface area contributed by atoms with Gasteiger partial charge >= 0.3 is 0 Å². The van der Waals surface area contributed by atoms with Gasteiger partial charge in [-0.1, -0.05) is 0 Å². The monoisotopic (exact) mass is 220 g/mol. The number of nitrogens with one attached hydrogen (secondary N) is 1. The molecule has 0 saturated carbocycles. The van der Waals surface area contributed by atoms with Gasteiger partial charge in [-0.05, 0) is 31.9 Å². The highest BCUT2D eigenvalue weighted by Gasteiger charge is 2.05. The number of carbonyl (C=O) groups excluding carboxylic acids is 2. The molecule has 0 radical (unpaired) electrons. The van der Waals surface area contributed by atoms with Gasteiger partial charge in [0.15, 0.2) is 0 Å². The molecule has 0 aliphatic carbocycles. The molecule has 0 aliphatic heterocycles. The van der Waals surface area contributed by atoms with Crippen molar-refractivity contribution < 1.29 is 9.59 Å². The van der Waals surface area contributed by atoms with Crippen LogP contribution in [0.2, 0.25) is 0 Å². The van der Waals surface area contributed by atoms with E-state index in [9.17, 15) is 9.59 Å². The lowest BCUT2D eigenvalue weighted by molar-refractivity contribution is -0.117. The number of Topliss-reactive ketones (excluding diaryl/α,β-unsaturated/α-hetero) is 1. The van der Waals surface area contributed by atoms with Gasteiger partial charge in [0.2, 0.25) is 5.91 Å². The molecule has 0 atom stereocenters. The Bertz CT molecular complexity index is 388. The van der Waals surface area contributed by atoms with Crippen molar-refractivity contribution in [2.24, 2.45) is 0 Å². The summed E-state index contributed by atoms with van der Waals surface area (Å²) in [6.45, 7) is 3.44. The van der Waals surface area contributed by atoms with Crippen molar-refractivity contribution in [1.29, 1.82) is 0 Å². The summed E-state index contributed by atoms with van der Waals surface area (Å²) < 4.78 is 0. The molecular weight excluding hydrogens is 204 g/mol. The number of aryl methyl sites for hydroxylation is 1. The summed E-state index contributed by atoms with van der Waals surface area (Å²) >= 11 is 0. The lowest BCUT2D eigenvalue weighted by atomic mass is 10.2. The van der Waals surface area contributed by atoms with Crippen molar-refractivity contribution in [1.82, 2.24) is 4.98 Å². The van der Waals surface area contributed by atoms with Crippen LogP contribution in [0.15, 0.2) is 18.5 Å². The Kier molecular flexibility index (Phi) is 4.64. The summed E-state index contributed by atoms with van der Waals surface area (Å²) in [7, 11) is 0. The molecule has 0 aromatic carbocycles. The predicted octanol–water partition coefficient (Wildman–Crippen LogP) is 2.09. The summed E-state index contributed by atoms with van der Waals surface area (Å²) in [6.07, 6.45) is 4.73. The Hall–Kier alpha value is -1.71. The molecule has 0 aliphatic rings. The molecule has 4 nitrogen and oxygen atoms in total. The minimum atomic E-state index is -0.0719. The fraction of sp³-hybridized carbons (Fsp3) is 0.417. The molecule has 4 heteroatoms. The number of anilines is 1. The number of carbonyl (C=O) groups is 2. The zero-order valence-electron chi connectivity index (χ0n) is 9.62. The van der Waals surface area contributed by atoms with Crippen LogP contribution in [0.5, 0.6) is 0 Å². The van der Waals surface area contributed by atoms with Crippen LogP contribution in [0, 0.1) is 6.92 Å². The zero-order chi connectivity index (χ0) is 12.0. The highest BCUT2D eigenvalue weighted by molar-refractivity contribution is 5.91. The molecular formula is C12H16N2O2. The SMILES string of the molecule is CC(=O)CCCC(=O)Nc1cnccc1C. The number of hydrogen-bond acceptors (Lipinski definition) is 3. The number of ketones is 1. The average Bonchev–Trinajstić information content (AvgIpc) is 2.21. The number of rotatable bonds is 5.